The minimum absolute atomic E-state index is 0.0897. The van der Waals surface area contributed by atoms with Gasteiger partial charge in [-0.3, -0.25) is 0 Å². The number of nitrogens with zero attached hydrogens (tertiary/aromatic N) is 1. The fourth-order valence-corrected chi connectivity index (χ4v) is 3.47. The SMILES string of the molecule is CCCC1CC1NS(=O)(=O)c1ccnc(Cl)c1. The molecule has 6 heteroatoms. The van der Waals surface area contributed by atoms with Gasteiger partial charge in [-0.2, -0.15) is 0 Å². The van der Waals surface area contributed by atoms with Gasteiger partial charge >= 0.3 is 0 Å². The van der Waals surface area contributed by atoms with E-state index in [0.717, 1.165) is 19.3 Å². The molecule has 94 valence electrons. The monoisotopic (exact) mass is 274 g/mol. The van der Waals surface area contributed by atoms with E-state index in [1.54, 1.807) is 0 Å². The summed E-state index contributed by atoms with van der Waals surface area (Å²) in [7, 11) is -3.45. The Labute approximate surface area is 106 Å². The molecule has 0 spiro atoms. The van der Waals surface area contributed by atoms with Crippen LogP contribution in [0.25, 0.3) is 0 Å². The van der Waals surface area contributed by atoms with Crippen molar-refractivity contribution in [3.8, 4) is 0 Å². The van der Waals surface area contributed by atoms with Crippen molar-refractivity contribution in [2.75, 3.05) is 0 Å². The van der Waals surface area contributed by atoms with Gasteiger partial charge in [0.05, 0.1) is 4.90 Å². The van der Waals surface area contributed by atoms with E-state index in [-0.39, 0.29) is 16.1 Å². The summed E-state index contributed by atoms with van der Waals surface area (Å²) in [6.07, 6.45) is 4.49. The minimum atomic E-state index is -3.45. The molecule has 0 amide bonds. The van der Waals surface area contributed by atoms with Crippen LogP contribution in [0, 0.1) is 5.92 Å². The molecule has 2 rings (SSSR count). The molecule has 2 atom stereocenters. The molecule has 1 aliphatic rings. The predicted octanol–water partition coefficient (Wildman–Crippen LogP) is 2.20. The van der Waals surface area contributed by atoms with Crippen molar-refractivity contribution in [3.63, 3.8) is 0 Å². The molecule has 1 heterocycles. The van der Waals surface area contributed by atoms with Crippen LogP contribution < -0.4 is 4.72 Å². The van der Waals surface area contributed by atoms with Gasteiger partial charge in [-0.15, -0.1) is 0 Å². The molecule has 4 nitrogen and oxygen atoms in total. The van der Waals surface area contributed by atoms with E-state index in [0.29, 0.717) is 5.92 Å². The van der Waals surface area contributed by atoms with E-state index in [1.807, 2.05) is 0 Å². The summed E-state index contributed by atoms with van der Waals surface area (Å²) >= 11 is 5.68. The van der Waals surface area contributed by atoms with Crippen molar-refractivity contribution in [3.05, 3.63) is 23.5 Å². The predicted molar refractivity (Wildman–Crippen MR) is 66.4 cm³/mol. The van der Waals surface area contributed by atoms with Gasteiger partial charge in [0.25, 0.3) is 0 Å². The molecule has 1 aliphatic carbocycles. The largest absolute Gasteiger partial charge is 0.244 e. The Morgan fingerprint density at radius 1 is 1.59 bits per heavy atom. The number of hydrogen-bond acceptors (Lipinski definition) is 3. The summed E-state index contributed by atoms with van der Waals surface area (Å²) in [5.74, 6) is 0.493. The topological polar surface area (TPSA) is 59.1 Å². The lowest BCUT2D eigenvalue weighted by Crippen LogP contribution is -2.27. The number of pyridine rings is 1. The minimum Gasteiger partial charge on any atom is -0.244 e. The molecular weight excluding hydrogens is 260 g/mol. The van der Waals surface area contributed by atoms with Crippen molar-refractivity contribution in [1.29, 1.82) is 0 Å². The van der Waals surface area contributed by atoms with E-state index in [9.17, 15) is 8.42 Å². The standard InChI is InChI=1S/C11H15ClN2O2S/c1-2-3-8-6-10(8)14-17(15,16)9-4-5-13-11(12)7-9/h4-5,7-8,10,14H,2-3,6H2,1H3. The zero-order valence-corrected chi connectivity index (χ0v) is 11.1. The lowest BCUT2D eigenvalue weighted by Gasteiger charge is -2.06. The maximum Gasteiger partial charge on any atom is 0.240 e. The van der Waals surface area contributed by atoms with Crippen LogP contribution in [0.1, 0.15) is 26.2 Å². The van der Waals surface area contributed by atoms with Gasteiger partial charge in [0.1, 0.15) is 5.15 Å². The Morgan fingerprint density at radius 3 is 3.00 bits per heavy atom. The fraction of sp³-hybridized carbons (Fsp3) is 0.545. The average Bonchev–Trinajstić information content (AvgIpc) is 2.96. The first-order valence-electron chi connectivity index (χ1n) is 5.67. The molecule has 1 fully saturated rings. The molecule has 1 aromatic rings. The third-order valence-electron chi connectivity index (χ3n) is 2.90. The molecule has 1 aromatic heterocycles. The van der Waals surface area contributed by atoms with Gasteiger partial charge in [-0.1, -0.05) is 24.9 Å². The summed E-state index contributed by atoms with van der Waals surface area (Å²) in [5, 5.41) is 0.189. The van der Waals surface area contributed by atoms with Crippen molar-refractivity contribution in [2.24, 2.45) is 5.92 Å². The highest BCUT2D eigenvalue weighted by molar-refractivity contribution is 7.89. The summed E-state index contributed by atoms with van der Waals surface area (Å²) < 4.78 is 26.7. The highest BCUT2D eigenvalue weighted by Crippen LogP contribution is 2.35. The van der Waals surface area contributed by atoms with Crippen LogP contribution in [0.15, 0.2) is 23.2 Å². The van der Waals surface area contributed by atoms with Crippen LogP contribution in [0.4, 0.5) is 0 Å². The van der Waals surface area contributed by atoms with Gasteiger partial charge in [0.2, 0.25) is 10.0 Å². The number of sulfonamides is 1. The number of halogens is 1. The van der Waals surface area contributed by atoms with E-state index >= 15 is 0 Å². The first-order chi connectivity index (χ1) is 8.03. The van der Waals surface area contributed by atoms with Crippen molar-refractivity contribution < 1.29 is 8.42 Å². The van der Waals surface area contributed by atoms with Crippen molar-refractivity contribution >= 4 is 21.6 Å². The fourth-order valence-electron chi connectivity index (χ4n) is 1.90. The second-order valence-corrected chi connectivity index (χ2v) is 6.43. The third-order valence-corrected chi connectivity index (χ3v) is 4.59. The average molecular weight is 275 g/mol. The summed E-state index contributed by atoms with van der Waals surface area (Å²) in [6.45, 7) is 2.10. The maximum absolute atomic E-state index is 12.0. The summed E-state index contributed by atoms with van der Waals surface area (Å²) in [4.78, 5) is 3.95. The van der Waals surface area contributed by atoms with Crippen LogP contribution in [0.5, 0.6) is 0 Å². The molecule has 0 aliphatic heterocycles. The number of nitrogens with one attached hydrogen (secondary N) is 1. The van der Waals surface area contributed by atoms with Crippen molar-refractivity contribution in [2.45, 2.75) is 37.1 Å². The zero-order valence-electron chi connectivity index (χ0n) is 9.56. The molecule has 1 N–H and O–H groups in total. The number of rotatable bonds is 5. The van der Waals surface area contributed by atoms with E-state index in [1.165, 1.54) is 18.3 Å². The van der Waals surface area contributed by atoms with E-state index in [4.69, 9.17) is 11.6 Å². The van der Waals surface area contributed by atoms with E-state index < -0.39 is 10.0 Å². The highest BCUT2D eigenvalue weighted by Gasteiger charge is 2.39. The summed E-state index contributed by atoms with van der Waals surface area (Å²) in [5.41, 5.74) is 0. The molecule has 0 radical (unpaired) electrons. The van der Waals surface area contributed by atoms with Crippen molar-refractivity contribution in [1.82, 2.24) is 9.71 Å². The molecule has 0 saturated heterocycles. The van der Waals surface area contributed by atoms with Crippen LogP contribution in [0.2, 0.25) is 5.15 Å². The lowest BCUT2D eigenvalue weighted by atomic mass is 10.2. The van der Waals surface area contributed by atoms with Crippen LogP contribution in [0.3, 0.4) is 0 Å². The molecule has 0 aromatic carbocycles. The van der Waals surface area contributed by atoms with E-state index in [2.05, 4.69) is 16.6 Å². The molecule has 2 unspecified atom stereocenters. The zero-order chi connectivity index (χ0) is 12.5. The number of hydrogen-bond donors (Lipinski definition) is 1. The number of aromatic nitrogens is 1. The third kappa shape index (κ3) is 3.18. The Hall–Kier alpha value is -0.650. The van der Waals surface area contributed by atoms with Crippen LogP contribution >= 0.6 is 11.6 Å². The van der Waals surface area contributed by atoms with Gasteiger partial charge < -0.3 is 0 Å². The molecule has 17 heavy (non-hydrogen) atoms. The van der Waals surface area contributed by atoms with Crippen LogP contribution in [-0.2, 0) is 10.0 Å². The molecule has 1 saturated carbocycles. The van der Waals surface area contributed by atoms with Gasteiger partial charge in [0.15, 0.2) is 0 Å². The Morgan fingerprint density at radius 2 is 2.35 bits per heavy atom. The first-order valence-corrected chi connectivity index (χ1v) is 7.53. The second kappa shape index (κ2) is 4.92. The Kier molecular flexibility index (Phi) is 3.70. The highest BCUT2D eigenvalue weighted by atomic mass is 35.5. The normalized spacial score (nSPS) is 23.6. The molecular formula is C11H15ClN2O2S. The first kappa shape index (κ1) is 12.8. The second-order valence-electron chi connectivity index (χ2n) is 4.33. The van der Waals surface area contributed by atoms with Crippen LogP contribution in [-0.4, -0.2) is 19.4 Å². The molecule has 0 bridgehead atoms. The van der Waals surface area contributed by atoms with Gasteiger partial charge in [-0.05, 0) is 30.9 Å². The van der Waals surface area contributed by atoms with Gasteiger partial charge in [-0.25, -0.2) is 18.1 Å². The smallest absolute Gasteiger partial charge is 0.240 e. The van der Waals surface area contributed by atoms with Gasteiger partial charge in [0, 0.05) is 12.2 Å². The quantitative estimate of drug-likeness (QED) is 0.838. The Bertz CT molecular complexity index is 504. The summed E-state index contributed by atoms with van der Waals surface area (Å²) in [6, 6.07) is 2.90. The Balaban J connectivity index is 2.05. The maximum atomic E-state index is 12.0. The lowest BCUT2D eigenvalue weighted by molar-refractivity contribution is 0.573.